The summed E-state index contributed by atoms with van der Waals surface area (Å²) in [5, 5.41) is 10.00. The first kappa shape index (κ1) is 17.2. The molecule has 0 aliphatic carbocycles. The summed E-state index contributed by atoms with van der Waals surface area (Å²) in [6.45, 7) is 3.84. The molecule has 0 aliphatic heterocycles. The van der Waals surface area contributed by atoms with Crippen LogP contribution in [-0.4, -0.2) is 17.2 Å². The molecule has 0 aliphatic rings. The minimum absolute atomic E-state index is 0.0277. The molecule has 0 heterocycles. The molecule has 1 atom stereocenters. The summed E-state index contributed by atoms with van der Waals surface area (Å²) in [5.74, 6) is -0.929. The Morgan fingerprint density at radius 2 is 1.87 bits per heavy atom. The van der Waals surface area contributed by atoms with E-state index in [0.717, 1.165) is 5.56 Å². The molecule has 0 fully saturated rings. The van der Waals surface area contributed by atoms with Crippen molar-refractivity contribution in [2.24, 2.45) is 0 Å². The Morgan fingerprint density at radius 3 is 2.39 bits per heavy atom. The predicted molar refractivity (Wildman–Crippen MR) is 92.2 cm³/mol. The van der Waals surface area contributed by atoms with Crippen LogP contribution in [0.3, 0.4) is 0 Å². The number of nitrogens with two attached hydrogens (primary N) is 1. The molecule has 2 aromatic rings. The maximum atomic E-state index is 11.6. The molecule has 2 aromatic carbocycles. The number of carboxylic acids is 1. The van der Waals surface area contributed by atoms with Gasteiger partial charge < -0.3 is 15.6 Å². The van der Waals surface area contributed by atoms with Crippen molar-refractivity contribution in [2.75, 3.05) is 5.73 Å². The van der Waals surface area contributed by atoms with Gasteiger partial charge in [0.05, 0.1) is 17.0 Å². The van der Waals surface area contributed by atoms with Crippen LogP contribution in [0.5, 0.6) is 5.75 Å². The van der Waals surface area contributed by atoms with Crippen molar-refractivity contribution >= 4 is 23.3 Å². The van der Waals surface area contributed by atoms with Crippen LogP contribution in [0.15, 0.2) is 42.5 Å². The second kappa shape index (κ2) is 7.38. The fraction of sp³-hybridized carbons (Fsp3) is 0.278. The van der Waals surface area contributed by atoms with Crippen molar-refractivity contribution in [3.63, 3.8) is 0 Å². The van der Waals surface area contributed by atoms with Gasteiger partial charge in [-0.1, -0.05) is 29.8 Å². The Morgan fingerprint density at radius 1 is 1.22 bits per heavy atom. The molecule has 5 heteroatoms. The summed E-state index contributed by atoms with van der Waals surface area (Å²) in [6, 6.07) is 12.3. The molecule has 0 aromatic heterocycles. The maximum absolute atomic E-state index is 11.6. The maximum Gasteiger partial charge on any atom is 0.311 e. The lowest BCUT2D eigenvalue weighted by Gasteiger charge is -2.15. The van der Waals surface area contributed by atoms with Crippen molar-refractivity contribution in [3.8, 4) is 5.75 Å². The largest absolute Gasteiger partial charge is 0.489 e. The van der Waals surface area contributed by atoms with Crippen LogP contribution in [0.2, 0.25) is 5.02 Å². The van der Waals surface area contributed by atoms with Crippen molar-refractivity contribution < 1.29 is 14.6 Å². The first-order valence-corrected chi connectivity index (χ1v) is 7.78. The zero-order valence-electron chi connectivity index (χ0n) is 13.1. The number of carboxylic acid groups (broad SMARTS) is 1. The van der Waals surface area contributed by atoms with E-state index in [4.69, 9.17) is 22.1 Å². The number of halogens is 1. The number of hydrogen-bond acceptors (Lipinski definition) is 3. The standard InChI is InChI=1S/C18H20ClNO3/c1-11(2)23-17-8-3-12(10-16(17)19)9-15(18(21)22)13-4-6-14(20)7-5-13/h3-8,10-11,15H,9,20H2,1-2H3,(H,21,22). The molecule has 122 valence electrons. The topological polar surface area (TPSA) is 72.5 Å². The summed E-state index contributed by atoms with van der Waals surface area (Å²) < 4.78 is 5.59. The molecule has 23 heavy (non-hydrogen) atoms. The fourth-order valence-corrected chi connectivity index (χ4v) is 2.58. The van der Waals surface area contributed by atoms with E-state index >= 15 is 0 Å². The molecule has 0 saturated heterocycles. The second-order valence-corrected chi connectivity index (χ2v) is 6.10. The van der Waals surface area contributed by atoms with Crippen molar-refractivity contribution in [1.82, 2.24) is 0 Å². The second-order valence-electron chi connectivity index (χ2n) is 5.69. The lowest BCUT2D eigenvalue weighted by Crippen LogP contribution is -2.14. The predicted octanol–water partition coefficient (Wildman–Crippen LogP) is 4.12. The fourth-order valence-electron chi connectivity index (χ4n) is 2.33. The Bertz CT molecular complexity index is 683. The van der Waals surface area contributed by atoms with Crippen molar-refractivity contribution in [3.05, 3.63) is 58.6 Å². The Kier molecular flexibility index (Phi) is 5.50. The van der Waals surface area contributed by atoms with Crippen LogP contribution in [0.4, 0.5) is 5.69 Å². The van der Waals surface area contributed by atoms with E-state index in [2.05, 4.69) is 0 Å². The molecular weight excluding hydrogens is 314 g/mol. The Labute approximate surface area is 140 Å². The number of anilines is 1. The summed E-state index contributed by atoms with van der Waals surface area (Å²) in [7, 11) is 0. The van der Waals surface area contributed by atoms with Gasteiger partial charge >= 0.3 is 5.97 Å². The molecule has 4 nitrogen and oxygen atoms in total. The molecule has 1 unspecified atom stereocenters. The monoisotopic (exact) mass is 333 g/mol. The van der Waals surface area contributed by atoms with Crippen LogP contribution in [0, 0.1) is 0 Å². The highest BCUT2D eigenvalue weighted by Gasteiger charge is 2.21. The third-order valence-corrected chi connectivity index (χ3v) is 3.73. The van der Waals surface area contributed by atoms with Crippen LogP contribution in [0.25, 0.3) is 0 Å². The van der Waals surface area contributed by atoms with Gasteiger partial charge in [-0.3, -0.25) is 4.79 Å². The number of aliphatic carboxylic acids is 1. The Balaban J connectivity index is 2.22. The summed E-state index contributed by atoms with van der Waals surface area (Å²) in [4.78, 5) is 11.6. The molecule has 0 bridgehead atoms. The number of hydrogen-bond donors (Lipinski definition) is 2. The highest BCUT2D eigenvalue weighted by atomic mass is 35.5. The molecule has 0 radical (unpaired) electrons. The average Bonchev–Trinajstić information content (AvgIpc) is 2.48. The van der Waals surface area contributed by atoms with E-state index in [1.54, 1.807) is 36.4 Å². The third-order valence-electron chi connectivity index (χ3n) is 3.44. The average molecular weight is 334 g/mol. The van der Waals surface area contributed by atoms with E-state index in [1.165, 1.54) is 0 Å². The smallest absolute Gasteiger partial charge is 0.311 e. The van der Waals surface area contributed by atoms with E-state index in [0.29, 0.717) is 28.4 Å². The Hall–Kier alpha value is -2.20. The van der Waals surface area contributed by atoms with Crippen molar-refractivity contribution in [2.45, 2.75) is 32.3 Å². The quantitative estimate of drug-likeness (QED) is 0.780. The van der Waals surface area contributed by atoms with Crippen LogP contribution < -0.4 is 10.5 Å². The molecule has 2 rings (SSSR count). The van der Waals surface area contributed by atoms with Gasteiger partial charge in [0, 0.05) is 5.69 Å². The molecule has 3 N–H and O–H groups in total. The third kappa shape index (κ3) is 4.63. The molecular formula is C18H20ClNO3. The number of benzene rings is 2. The van der Waals surface area contributed by atoms with Gasteiger partial charge in [0.15, 0.2) is 0 Å². The van der Waals surface area contributed by atoms with Gasteiger partial charge in [-0.2, -0.15) is 0 Å². The first-order valence-electron chi connectivity index (χ1n) is 7.40. The number of rotatable bonds is 6. The van der Waals surface area contributed by atoms with E-state index in [-0.39, 0.29) is 6.10 Å². The number of nitrogen functional groups attached to an aromatic ring is 1. The van der Waals surface area contributed by atoms with Crippen molar-refractivity contribution in [1.29, 1.82) is 0 Å². The molecule has 0 saturated carbocycles. The van der Waals surface area contributed by atoms with Gasteiger partial charge in [0.1, 0.15) is 5.75 Å². The van der Waals surface area contributed by atoms with E-state index in [9.17, 15) is 9.90 Å². The van der Waals surface area contributed by atoms with Crippen LogP contribution >= 0.6 is 11.6 Å². The van der Waals surface area contributed by atoms with E-state index in [1.807, 2.05) is 19.9 Å². The molecule has 0 amide bonds. The zero-order valence-corrected chi connectivity index (χ0v) is 13.9. The highest BCUT2D eigenvalue weighted by Crippen LogP contribution is 2.29. The molecule has 0 spiro atoms. The van der Waals surface area contributed by atoms with Crippen LogP contribution in [0.1, 0.15) is 30.9 Å². The normalized spacial score (nSPS) is 12.2. The SMILES string of the molecule is CC(C)Oc1ccc(CC(C(=O)O)c2ccc(N)cc2)cc1Cl. The van der Waals surface area contributed by atoms with Crippen LogP contribution in [-0.2, 0) is 11.2 Å². The summed E-state index contributed by atoms with van der Waals surface area (Å²) >= 11 is 6.21. The van der Waals surface area contributed by atoms with Gasteiger partial charge in [-0.05, 0) is 55.7 Å². The number of carbonyl (C=O) groups is 1. The first-order chi connectivity index (χ1) is 10.9. The van der Waals surface area contributed by atoms with E-state index < -0.39 is 11.9 Å². The summed E-state index contributed by atoms with van der Waals surface area (Å²) in [6.07, 6.45) is 0.376. The van der Waals surface area contributed by atoms with Gasteiger partial charge in [-0.25, -0.2) is 0 Å². The van der Waals surface area contributed by atoms with Gasteiger partial charge in [-0.15, -0.1) is 0 Å². The zero-order chi connectivity index (χ0) is 17.0. The van der Waals surface area contributed by atoms with Gasteiger partial charge in [0.25, 0.3) is 0 Å². The minimum Gasteiger partial charge on any atom is -0.489 e. The highest BCUT2D eigenvalue weighted by molar-refractivity contribution is 6.32. The summed E-state index contributed by atoms with van der Waals surface area (Å²) in [5.41, 5.74) is 7.82. The number of ether oxygens (including phenoxy) is 1. The minimum atomic E-state index is -0.881. The lowest BCUT2D eigenvalue weighted by atomic mass is 9.92. The lowest BCUT2D eigenvalue weighted by molar-refractivity contribution is -0.138. The van der Waals surface area contributed by atoms with Gasteiger partial charge in [0.2, 0.25) is 0 Å².